The molecular weight excluding hydrogens is 348 g/mol. The molecule has 3 N–H and O–H groups in total. The summed E-state index contributed by atoms with van der Waals surface area (Å²) in [7, 11) is 0. The number of benzene rings is 1. The van der Waals surface area contributed by atoms with Crippen molar-refractivity contribution in [2.75, 3.05) is 5.32 Å². The lowest BCUT2D eigenvalue weighted by molar-refractivity contribution is -0.116. The molecule has 5 heteroatoms. The number of nitrogens with two attached hydrogens (primary N) is 1. The third-order valence-electron chi connectivity index (χ3n) is 2.27. The fourth-order valence-electron chi connectivity index (χ4n) is 1.39. The molecule has 1 amide bonds. The summed E-state index contributed by atoms with van der Waals surface area (Å²) in [6, 6.07) is 5.82. The van der Waals surface area contributed by atoms with Gasteiger partial charge in [0, 0.05) is 21.4 Å². The minimum atomic E-state index is 0.0180. The Bertz CT molecular complexity index is 394. The highest BCUT2D eigenvalue weighted by Crippen LogP contribution is 2.26. The fraction of sp³-hybridized carbons (Fsp3) is 0.417. The van der Waals surface area contributed by atoms with Gasteiger partial charge in [-0.3, -0.25) is 4.79 Å². The number of hydrogen-bond donors (Lipinski definition) is 2. The first kappa shape index (κ1) is 14.7. The first-order chi connectivity index (χ1) is 7.99. The average Bonchev–Trinajstić information content (AvgIpc) is 2.23. The molecule has 0 aromatic heterocycles. The zero-order valence-corrected chi connectivity index (χ0v) is 12.8. The van der Waals surface area contributed by atoms with Crippen LogP contribution in [-0.2, 0) is 4.79 Å². The molecule has 0 aliphatic rings. The summed E-state index contributed by atoms with van der Waals surface area (Å²) in [6.07, 6.45) is 2.18. The molecule has 17 heavy (non-hydrogen) atoms. The molecule has 1 aromatic rings. The molecule has 0 saturated heterocycles. The lowest BCUT2D eigenvalue weighted by Gasteiger charge is -2.08. The van der Waals surface area contributed by atoms with E-state index in [1.54, 1.807) is 0 Å². The predicted molar refractivity (Wildman–Crippen MR) is 78.0 cm³/mol. The van der Waals surface area contributed by atoms with Gasteiger partial charge in [-0.15, -0.1) is 0 Å². The van der Waals surface area contributed by atoms with Gasteiger partial charge in [-0.25, -0.2) is 0 Å². The van der Waals surface area contributed by atoms with Crippen molar-refractivity contribution < 1.29 is 4.79 Å². The van der Waals surface area contributed by atoms with Gasteiger partial charge in [0.2, 0.25) is 5.91 Å². The molecule has 1 unspecified atom stereocenters. The van der Waals surface area contributed by atoms with E-state index in [1.807, 2.05) is 25.1 Å². The number of anilines is 1. The standard InChI is InChI=1S/C12H16Br2N2O/c1-8(15)3-2-4-12(17)16-11-7-9(13)5-6-10(11)14/h5-8H,2-4,15H2,1H3,(H,16,17). The maximum absolute atomic E-state index is 11.7. The first-order valence-electron chi connectivity index (χ1n) is 5.49. The van der Waals surface area contributed by atoms with E-state index in [-0.39, 0.29) is 11.9 Å². The average molecular weight is 364 g/mol. The first-order valence-corrected chi connectivity index (χ1v) is 7.08. The molecule has 0 aliphatic carbocycles. The monoisotopic (exact) mass is 362 g/mol. The molecule has 1 rings (SSSR count). The molecule has 0 spiro atoms. The Morgan fingerprint density at radius 1 is 1.47 bits per heavy atom. The van der Waals surface area contributed by atoms with E-state index in [0.717, 1.165) is 27.5 Å². The SMILES string of the molecule is CC(N)CCCC(=O)Nc1cc(Br)ccc1Br. The Morgan fingerprint density at radius 3 is 2.82 bits per heavy atom. The normalized spacial score (nSPS) is 12.2. The van der Waals surface area contributed by atoms with E-state index in [9.17, 15) is 4.79 Å². The number of carbonyl (C=O) groups is 1. The van der Waals surface area contributed by atoms with Gasteiger partial charge < -0.3 is 11.1 Å². The van der Waals surface area contributed by atoms with Crippen molar-refractivity contribution in [2.24, 2.45) is 5.73 Å². The van der Waals surface area contributed by atoms with E-state index in [1.165, 1.54) is 0 Å². The summed E-state index contributed by atoms with van der Waals surface area (Å²) in [4.78, 5) is 11.7. The van der Waals surface area contributed by atoms with Crippen molar-refractivity contribution in [1.29, 1.82) is 0 Å². The maximum Gasteiger partial charge on any atom is 0.224 e. The second-order valence-electron chi connectivity index (χ2n) is 4.04. The van der Waals surface area contributed by atoms with Crippen molar-refractivity contribution >= 4 is 43.5 Å². The molecule has 94 valence electrons. The number of amides is 1. The predicted octanol–water partition coefficient (Wildman–Crippen LogP) is 3.67. The summed E-state index contributed by atoms with van der Waals surface area (Å²) in [5, 5.41) is 2.87. The van der Waals surface area contributed by atoms with Crippen LogP contribution in [-0.4, -0.2) is 11.9 Å². The second kappa shape index (κ2) is 7.13. The van der Waals surface area contributed by atoms with E-state index in [4.69, 9.17) is 5.73 Å². The lowest BCUT2D eigenvalue weighted by Crippen LogP contribution is -2.17. The highest BCUT2D eigenvalue weighted by molar-refractivity contribution is 9.11. The number of carbonyl (C=O) groups excluding carboxylic acids is 1. The Balaban J connectivity index is 2.47. The van der Waals surface area contributed by atoms with Crippen LogP contribution in [0.2, 0.25) is 0 Å². The van der Waals surface area contributed by atoms with Crippen LogP contribution in [0.3, 0.4) is 0 Å². The molecule has 0 heterocycles. The molecule has 0 radical (unpaired) electrons. The van der Waals surface area contributed by atoms with E-state index >= 15 is 0 Å². The molecule has 1 aromatic carbocycles. The third kappa shape index (κ3) is 5.66. The third-order valence-corrected chi connectivity index (χ3v) is 3.45. The van der Waals surface area contributed by atoms with Crippen molar-refractivity contribution in [3.8, 4) is 0 Å². The van der Waals surface area contributed by atoms with E-state index in [2.05, 4.69) is 37.2 Å². The zero-order valence-electron chi connectivity index (χ0n) is 9.67. The van der Waals surface area contributed by atoms with Crippen molar-refractivity contribution in [1.82, 2.24) is 0 Å². The molecule has 0 aliphatic heterocycles. The maximum atomic E-state index is 11.7. The van der Waals surface area contributed by atoms with Crippen molar-refractivity contribution in [2.45, 2.75) is 32.2 Å². The lowest BCUT2D eigenvalue weighted by atomic mass is 10.1. The van der Waals surface area contributed by atoms with Crippen LogP contribution in [0.1, 0.15) is 26.2 Å². The van der Waals surface area contributed by atoms with E-state index < -0.39 is 0 Å². The van der Waals surface area contributed by atoms with Crippen LogP contribution < -0.4 is 11.1 Å². The molecular formula is C12H16Br2N2O. The second-order valence-corrected chi connectivity index (χ2v) is 5.81. The largest absolute Gasteiger partial charge is 0.328 e. The highest BCUT2D eigenvalue weighted by Gasteiger charge is 2.06. The summed E-state index contributed by atoms with van der Waals surface area (Å²) < 4.78 is 1.81. The van der Waals surface area contributed by atoms with Crippen molar-refractivity contribution in [3.05, 3.63) is 27.1 Å². The summed E-state index contributed by atoms with van der Waals surface area (Å²) in [5.41, 5.74) is 6.41. The Morgan fingerprint density at radius 2 is 2.18 bits per heavy atom. The molecule has 3 nitrogen and oxygen atoms in total. The van der Waals surface area contributed by atoms with Gasteiger partial charge in [0.25, 0.3) is 0 Å². The van der Waals surface area contributed by atoms with Crippen LogP contribution in [0.15, 0.2) is 27.1 Å². The van der Waals surface area contributed by atoms with Gasteiger partial charge in [0.1, 0.15) is 0 Å². The van der Waals surface area contributed by atoms with Gasteiger partial charge >= 0.3 is 0 Å². The van der Waals surface area contributed by atoms with Gasteiger partial charge in [-0.2, -0.15) is 0 Å². The van der Waals surface area contributed by atoms with Crippen LogP contribution >= 0.6 is 31.9 Å². The van der Waals surface area contributed by atoms with Crippen molar-refractivity contribution in [3.63, 3.8) is 0 Å². The minimum Gasteiger partial charge on any atom is -0.328 e. The minimum absolute atomic E-state index is 0.0180. The Labute approximate surface area is 118 Å². The van der Waals surface area contributed by atoms with Gasteiger partial charge in [-0.05, 0) is 53.9 Å². The quantitative estimate of drug-likeness (QED) is 0.838. The summed E-state index contributed by atoms with van der Waals surface area (Å²) in [6.45, 7) is 1.95. The van der Waals surface area contributed by atoms with Gasteiger partial charge in [0.05, 0.1) is 5.69 Å². The fourth-order valence-corrected chi connectivity index (χ4v) is 2.10. The van der Waals surface area contributed by atoms with Crippen LogP contribution in [0.5, 0.6) is 0 Å². The van der Waals surface area contributed by atoms with Crippen LogP contribution in [0.25, 0.3) is 0 Å². The number of nitrogens with one attached hydrogen (secondary N) is 1. The smallest absolute Gasteiger partial charge is 0.224 e. The summed E-state index contributed by atoms with van der Waals surface area (Å²) in [5.74, 6) is 0.0180. The zero-order chi connectivity index (χ0) is 12.8. The topological polar surface area (TPSA) is 55.1 Å². The Kier molecular flexibility index (Phi) is 6.16. The molecule has 1 atom stereocenters. The summed E-state index contributed by atoms with van der Waals surface area (Å²) >= 11 is 6.76. The highest BCUT2D eigenvalue weighted by atomic mass is 79.9. The van der Waals surface area contributed by atoms with E-state index in [0.29, 0.717) is 6.42 Å². The number of rotatable bonds is 5. The molecule has 0 saturated carbocycles. The molecule has 0 fully saturated rings. The van der Waals surface area contributed by atoms with Crippen LogP contribution in [0.4, 0.5) is 5.69 Å². The molecule has 0 bridgehead atoms. The van der Waals surface area contributed by atoms with Crippen LogP contribution in [0, 0.1) is 0 Å². The number of hydrogen-bond acceptors (Lipinski definition) is 2. The number of halogens is 2. The Hall–Kier alpha value is -0.390. The van der Waals surface area contributed by atoms with Gasteiger partial charge in [0.15, 0.2) is 0 Å². The van der Waals surface area contributed by atoms with Gasteiger partial charge in [-0.1, -0.05) is 15.9 Å².